The highest BCUT2D eigenvalue weighted by Crippen LogP contribution is 2.44. The van der Waals surface area contributed by atoms with Gasteiger partial charge < -0.3 is 10.4 Å². The average Bonchev–Trinajstić information content (AvgIpc) is 2.38. The first kappa shape index (κ1) is 14.6. The van der Waals surface area contributed by atoms with Crippen LogP contribution in [-0.2, 0) is 4.79 Å². The Bertz CT molecular complexity index is 342. The van der Waals surface area contributed by atoms with E-state index in [1.54, 1.807) is 4.90 Å². The third-order valence-corrected chi connectivity index (χ3v) is 4.31. The van der Waals surface area contributed by atoms with Crippen molar-refractivity contribution < 1.29 is 23.1 Å². The molecule has 0 amide bonds. The molecule has 2 unspecified atom stereocenters. The van der Waals surface area contributed by atoms with Gasteiger partial charge in [0, 0.05) is 26.2 Å². The number of rotatable bonds is 2. The molecule has 2 N–H and O–H groups in total. The van der Waals surface area contributed by atoms with Crippen LogP contribution in [0, 0.1) is 5.92 Å². The third kappa shape index (κ3) is 2.86. The first-order valence-electron chi connectivity index (χ1n) is 6.62. The predicted octanol–water partition coefficient (Wildman–Crippen LogP) is 1.47. The molecule has 0 radical (unpaired) electrons. The molecule has 7 heteroatoms. The number of hydrogen-bond acceptors (Lipinski definition) is 3. The molecule has 2 rings (SSSR count). The van der Waals surface area contributed by atoms with Gasteiger partial charge in [-0.05, 0) is 19.3 Å². The van der Waals surface area contributed by atoms with Crippen molar-refractivity contribution >= 4 is 5.97 Å². The Morgan fingerprint density at radius 3 is 2.47 bits per heavy atom. The summed E-state index contributed by atoms with van der Waals surface area (Å²) in [4.78, 5) is 13.3. The van der Waals surface area contributed by atoms with E-state index in [4.69, 9.17) is 0 Å². The van der Waals surface area contributed by atoms with E-state index in [1.165, 1.54) is 0 Å². The molecular weight excluding hydrogens is 261 g/mol. The lowest BCUT2D eigenvalue weighted by molar-refractivity contribution is -0.199. The maximum absolute atomic E-state index is 12.9. The third-order valence-electron chi connectivity index (χ3n) is 4.31. The maximum atomic E-state index is 12.9. The van der Waals surface area contributed by atoms with Crippen LogP contribution in [0.5, 0.6) is 0 Å². The number of carboxylic acids is 1. The number of carboxylic acid groups (broad SMARTS) is 1. The molecule has 19 heavy (non-hydrogen) atoms. The van der Waals surface area contributed by atoms with Gasteiger partial charge in [-0.25, -0.2) is 0 Å². The van der Waals surface area contributed by atoms with Crippen molar-refractivity contribution in [1.82, 2.24) is 10.2 Å². The van der Waals surface area contributed by atoms with Crippen molar-refractivity contribution in [2.24, 2.45) is 5.92 Å². The second-order valence-corrected chi connectivity index (χ2v) is 5.41. The minimum absolute atomic E-state index is 0.0462. The van der Waals surface area contributed by atoms with Gasteiger partial charge in [0.05, 0.1) is 5.92 Å². The highest BCUT2D eigenvalue weighted by molar-refractivity contribution is 5.79. The first-order chi connectivity index (χ1) is 8.86. The molecule has 2 fully saturated rings. The van der Waals surface area contributed by atoms with Crippen LogP contribution in [0.3, 0.4) is 0 Å². The second kappa shape index (κ2) is 5.28. The van der Waals surface area contributed by atoms with Gasteiger partial charge in [0.1, 0.15) is 5.54 Å². The molecule has 0 spiro atoms. The molecular formula is C12H19F3N2O2. The van der Waals surface area contributed by atoms with E-state index >= 15 is 0 Å². The van der Waals surface area contributed by atoms with Crippen LogP contribution < -0.4 is 5.32 Å². The summed E-state index contributed by atoms with van der Waals surface area (Å²) in [6, 6.07) is 0. The van der Waals surface area contributed by atoms with Crippen LogP contribution in [0.25, 0.3) is 0 Å². The Morgan fingerprint density at radius 2 is 1.95 bits per heavy atom. The van der Waals surface area contributed by atoms with Crippen LogP contribution in [0.2, 0.25) is 0 Å². The van der Waals surface area contributed by atoms with E-state index in [0.29, 0.717) is 39.0 Å². The summed E-state index contributed by atoms with van der Waals surface area (Å²) in [5.74, 6) is -2.60. The van der Waals surface area contributed by atoms with Crippen molar-refractivity contribution in [3.05, 3.63) is 0 Å². The summed E-state index contributed by atoms with van der Waals surface area (Å²) in [6.07, 6.45) is -3.93. The Kier molecular flexibility index (Phi) is 4.06. The topological polar surface area (TPSA) is 52.6 Å². The van der Waals surface area contributed by atoms with Crippen LogP contribution >= 0.6 is 0 Å². The maximum Gasteiger partial charge on any atom is 0.391 e. The molecule has 0 bridgehead atoms. The van der Waals surface area contributed by atoms with E-state index < -0.39 is 23.6 Å². The Morgan fingerprint density at radius 1 is 1.32 bits per heavy atom. The van der Waals surface area contributed by atoms with E-state index in [9.17, 15) is 23.1 Å². The molecule has 1 heterocycles. The number of aliphatic carboxylic acids is 1. The molecule has 2 atom stereocenters. The number of alkyl halides is 3. The monoisotopic (exact) mass is 280 g/mol. The summed E-state index contributed by atoms with van der Waals surface area (Å²) in [6.45, 7) is 2.26. The van der Waals surface area contributed by atoms with Crippen molar-refractivity contribution in [2.75, 3.05) is 26.2 Å². The molecule has 1 saturated carbocycles. The summed E-state index contributed by atoms with van der Waals surface area (Å²) >= 11 is 0. The van der Waals surface area contributed by atoms with E-state index in [1.807, 2.05) is 0 Å². The number of hydrogen-bond donors (Lipinski definition) is 2. The summed E-state index contributed by atoms with van der Waals surface area (Å²) in [7, 11) is 0. The molecule has 0 aromatic heterocycles. The zero-order chi connectivity index (χ0) is 14.1. The summed E-state index contributed by atoms with van der Waals surface area (Å²) in [5, 5.41) is 12.6. The van der Waals surface area contributed by atoms with E-state index in [-0.39, 0.29) is 12.8 Å². The average molecular weight is 280 g/mol. The Balaban J connectivity index is 2.21. The van der Waals surface area contributed by atoms with Gasteiger partial charge in [0.2, 0.25) is 0 Å². The van der Waals surface area contributed by atoms with Gasteiger partial charge in [0.15, 0.2) is 0 Å². The van der Waals surface area contributed by atoms with Crippen molar-refractivity contribution in [3.63, 3.8) is 0 Å². The Labute approximate surface area is 110 Å². The van der Waals surface area contributed by atoms with E-state index in [2.05, 4.69) is 5.32 Å². The van der Waals surface area contributed by atoms with Gasteiger partial charge in [-0.15, -0.1) is 0 Å². The molecule has 1 aliphatic carbocycles. The van der Waals surface area contributed by atoms with Crippen LogP contribution in [0.1, 0.15) is 25.7 Å². The van der Waals surface area contributed by atoms with Crippen LogP contribution in [-0.4, -0.2) is 53.9 Å². The van der Waals surface area contributed by atoms with Crippen molar-refractivity contribution in [3.8, 4) is 0 Å². The lowest BCUT2D eigenvalue weighted by Gasteiger charge is -2.47. The van der Waals surface area contributed by atoms with Crippen LogP contribution in [0.4, 0.5) is 13.2 Å². The molecule has 4 nitrogen and oxygen atoms in total. The number of nitrogens with zero attached hydrogens (tertiary/aromatic N) is 1. The second-order valence-electron chi connectivity index (χ2n) is 5.41. The Hall–Kier alpha value is -0.820. The first-order valence-corrected chi connectivity index (χ1v) is 6.62. The number of piperazine rings is 1. The summed E-state index contributed by atoms with van der Waals surface area (Å²) < 4.78 is 38.7. The lowest BCUT2D eigenvalue weighted by Crippen LogP contribution is -2.62. The molecule has 110 valence electrons. The van der Waals surface area contributed by atoms with Gasteiger partial charge in [-0.3, -0.25) is 9.69 Å². The molecule has 0 aromatic rings. The van der Waals surface area contributed by atoms with E-state index in [0.717, 1.165) is 0 Å². The van der Waals surface area contributed by atoms with Crippen molar-refractivity contribution in [1.29, 1.82) is 0 Å². The molecule has 1 aliphatic heterocycles. The van der Waals surface area contributed by atoms with Gasteiger partial charge >= 0.3 is 12.1 Å². The zero-order valence-corrected chi connectivity index (χ0v) is 10.7. The quantitative estimate of drug-likeness (QED) is 0.804. The highest BCUT2D eigenvalue weighted by Gasteiger charge is 2.53. The number of carbonyl (C=O) groups is 1. The van der Waals surface area contributed by atoms with Gasteiger partial charge in [-0.1, -0.05) is 6.42 Å². The number of nitrogens with one attached hydrogen (secondary N) is 1. The molecule has 0 aromatic carbocycles. The molecule has 2 aliphatic rings. The fraction of sp³-hybridized carbons (Fsp3) is 0.917. The zero-order valence-electron chi connectivity index (χ0n) is 10.7. The lowest BCUT2D eigenvalue weighted by atomic mass is 9.74. The minimum atomic E-state index is -4.30. The predicted molar refractivity (Wildman–Crippen MR) is 62.8 cm³/mol. The highest BCUT2D eigenvalue weighted by atomic mass is 19.4. The molecule has 1 saturated heterocycles. The number of halogens is 3. The fourth-order valence-corrected chi connectivity index (χ4v) is 3.24. The standard InChI is InChI=1S/C12H19F3N2O2/c13-12(14,15)9-2-1-3-11(8-9,10(18)19)17-6-4-16-5-7-17/h9,16H,1-8H2,(H,18,19). The van der Waals surface area contributed by atoms with Gasteiger partial charge in [-0.2, -0.15) is 13.2 Å². The van der Waals surface area contributed by atoms with Gasteiger partial charge in [0.25, 0.3) is 0 Å². The van der Waals surface area contributed by atoms with Crippen molar-refractivity contribution in [2.45, 2.75) is 37.4 Å². The normalized spacial score (nSPS) is 34.2. The van der Waals surface area contributed by atoms with Crippen LogP contribution in [0.15, 0.2) is 0 Å². The largest absolute Gasteiger partial charge is 0.480 e. The summed E-state index contributed by atoms with van der Waals surface area (Å²) in [5.41, 5.74) is -1.33. The fourth-order valence-electron chi connectivity index (χ4n) is 3.24. The SMILES string of the molecule is O=C(O)C1(N2CCNCC2)CCCC(C(F)(F)F)C1. The smallest absolute Gasteiger partial charge is 0.391 e. The minimum Gasteiger partial charge on any atom is -0.480 e.